The second kappa shape index (κ2) is 5.60. The van der Waals surface area contributed by atoms with Gasteiger partial charge >= 0.3 is 0 Å². The molecule has 2 N–H and O–H groups in total. The minimum atomic E-state index is -3.43. The second-order valence-electron chi connectivity index (χ2n) is 5.33. The predicted molar refractivity (Wildman–Crippen MR) is 73.0 cm³/mol. The van der Waals surface area contributed by atoms with E-state index < -0.39 is 10.0 Å². The molecule has 19 heavy (non-hydrogen) atoms. The van der Waals surface area contributed by atoms with Gasteiger partial charge in [-0.25, -0.2) is 8.42 Å². The molecule has 1 aromatic heterocycles. The van der Waals surface area contributed by atoms with Crippen LogP contribution in [-0.4, -0.2) is 41.6 Å². The first-order valence-electron chi connectivity index (χ1n) is 6.69. The zero-order chi connectivity index (χ0) is 14.0. The SMILES string of the molecule is CC1CCC(C)N(S(=O)(=O)c2cnn(CCN)c2)C1. The number of aromatic nitrogens is 2. The van der Waals surface area contributed by atoms with E-state index in [9.17, 15) is 8.42 Å². The summed E-state index contributed by atoms with van der Waals surface area (Å²) >= 11 is 0. The van der Waals surface area contributed by atoms with Crippen LogP contribution in [0.3, 0.4) is 0 Å². The number of hydrogen-bond donors (Lipinski definition) is 1. The minimum Gasteiger partial charge on any atom is -0.329 e. The van der Waals surface area contributed by atoms with Crippen molar-refractivity contribution in [3.8, 4) is 0 Å². The first kappa shape index (κ1) is 14.5. The van der Waals surface area contributed by atoms with Gasteiger partial charge < -0.3 is 5.73 Å². The average Bonchev–Trinajstić information content (AvgIpc) is 2.82. The zero-order valence-electron chi connectivity index (χ0n) is 11.5. The quantitative estimate of drug-likeness (QED) is 0.881. The Morgan fingerprint density at radius 1 is 1.42 bits per heavy atom. The number of rotatable bonds is 4. The molecular formula is C12H22N4O2S. The third-order valence-electron chi connectivity index (χ3n) is 3.63. The lowest BCUT2D eigenvalue weighted by Gasteiger charge is -2.35. The van der Waals surface area contributed by atoms with Crippen molar-refractivity contribution in [1.82, 2.24) is 14.1 Å². The Labute approximate surface area is 114 Å². The van der Waals surface area contributed by atoms with Gasteiger partial charge in [0, 0.05) is 25.3 Å². The molecule has 6 nitrogen and oxygen atoms in total. The molecule has 0 aromatic carbocycles. The summed E-state index contributed by atoms with van der Waals surface area (Å²) in [6.07, 6.45) is 4.97. The summed E-state index contributed by atoms with van der Waals surface area (Å²) in [4.78, 5) is 0.266. The molecule has 0 amide bonds. The highest BCUT2D eigenvalue weighted by Gasteiger charge is 2.34. The fourth-order valence-corrected chi connectivity index (χ4v) is 4.19. The Bertz CT molecular complexity index is 526. The maximum absolute atomic E-state index is 12.6. The smallest absolute Gasteiger partial charge is 0.246 e. The van der Waals surface area contributed by atoms with Crippen molar-refractivity contribution in [2.24, 2.45) is 11.7 Å². The zero-order valence-corrected chi connectivity index (χ0v) is 12.3. The molecular weight excluding hydrogens is 264 g/mol. The standard InChI is InChI=1S/C12H22N4O2S/c1-10-3-4-11(2)16(8-10)19(17,18)12-7-14-15(9-12)6-5-13/h7,9-11H,3-6,8,13H2,1-2H3. The molecule has 2 heterocycles. The van der Waals surface area contributed by atoms with Gasteiger partial charge in [0.2, 0.25) is 10.0 Å². The molecule has 0 bridgehead atoms. The first-order valence-corrected chi connectivity index (χ1v) is 8.13. The van der Waals surface area contributed by atoms with Crippen LogP contribution in [0.4, 0.5) is 0 Å². The first-order chi connectivity index (χ1) is 8.95. The van der Waals surface area contributed by atoms with Crippen molar-refractivity contribution in [3.05, 3.63) is 12.4 Å². The molecule has 1 fully saturated rings. The lowest BCUT2D eigenvalue weighted by atomic mass is 9.97. The van der Waals surface area contributed by atoms with Gasteiger partial charge in [-0.3, -0.25) is 4.68 Å². The summed E-state index contributed by atoms with van der Waals surface area (Å²) in [6, 6.07) is 0.0547. The molecule has 7 heteroatoms. The Kier molecular flexibility index (Phi) is 4.27. The van der Waals surface area contributed by atoms with Crippen molar-refractivity contribution in [3.63, 3.8) is 0 Å². The topological polar surface area (TPSA) is 81.2 Å². The average molecular weight is 286 g/mol. The van der Waals surface area contributed by atoms with Crippen molar-refractivity contribution >= 4 is 10.0 Å². The summed E-state index contributed by atoms with van der Waals surface area (Å²) < 4.78 is 28.4. The van der Waals surface area contributed by atoms with E-state index in [1.807, 2.05) is 6.92 Å². The van der Waals surface area contributed by atoms with Crippen LogP contribution in [0.15, 0.2) is 17.3 Å². The number of nitrogens with two attached hydrogens (primary N) is 1. The molecule has 1 aliphatic rings. The van der Waals surface area contributed by atoms with Crippen LogP contribution in [0.2, 0.25) is 0 Å². The molecule has 0 saturated carbocycles. The maximum atomic E-state index is 12.6. The van der Waals surface area contributed by atoms with Gasteiger partial charge in [-0.2, -0.15) is 9.40 Å². The van der Waals surface area contributed by atoms with E-state index in [1.165, 1.54) is 6.20 Å². The van der Waals surface area contributed by atoms with Crippen LogP contribution in [0.25, 0.3) is 0 Å². The summed E-state index contributed by atoms with van der Waals surface area (Å²) in [7, 11) is -3.43. The fourth-order valence-electron chi connectivity index (χ4n) is 2.45. The molecule has 2 rings (SSSR count). The van der Waals surface area contributed by atoms with Gasteiger partial charge in [0.25, 0.3) is 0 Å². The molecule has 1 saturated heterocycles. The largest absolute Gasteiger partial charge is 0.329 e. The van der Waals surface area contributed by atoms with Gasteiger partial charge in [0.15, 0.2) is 0 Å². The summed E-state index contributed by atoms with van der Waals surface area (Å²) in [5.74, 6) is 0.407. The monoisotopic (exact) mass is 286 g/mol. The van der Waals surface area contributed by atoms with E-state index in [1.54, 1.807) is 15.2 Å². The summed E-state index contributed by atoms with van der Waals surface area (Å²) in [5, 5.41) is 4.04. The van der Waals surface area contributed by atoms with Crippen LogP contribution in [0.5, 0.6) is 0 Å². The molecule has 0 spiro atoms. The Balaban J connectivity index is 2.24. The number of piperidine rings is 1. The van der Waals surface area contributed by atoms with E-state index >= 15 is 0 Å². The Morgan fingerprint density at radius 2 is 2.16 bits per heavy atom. The van der Waals surface area contributed by atoms with E-state index in [4.69, 9.17) is 5.73 Å². The fraction of sp³-hybridized carbons (Fsp3) is 0.750. The molecule has 2 atom stereocenters. The van der Waals surface area contributed by atoms with Crippen molar-refractivity contribution in [1.29, 1.82) is 0 Å². The summed E-state index contributed by atoms with van der Waals surface area (Å²) in [5.41, 5.74) is 5.44. The molecule has 1 aromatic rings. The van der Waals surface area contributed by atoms with Gasteiger partial charge in [-0.1, -0.05) is 6.92 Å². The van der Waals surface area contributed by atoms with Crippen LogP contribution < -0.4 is 5.73 Å². The third-order valence-corrected chi connectivity index (χ3v) is 5.57. The van der Waals surface area contributed by atoms with Gasteiger partial charge in [0.05, 0.1) is 12.7 Å². The van der Waals surface area contributed by atoms with Crippen LogP contribution in [0.1, 0.15) is 26.7 Å². The van der Waals surface area contributed by atoms with Gasteiger partial charge in [0.1, 0.15) is 4.90 Å². The predicted octanol–water partition coefficient (Wildman–Crippen LogP) is 0.651. The van der Waals surface area contributed by atoms with Crippen molar-refractivity contribution < 1.29 is 8.42 Å². The lowest BCUT2D eigenvalue weighted by Crippen LogP contribution is -2.44. The number of hydrogen-bond acceptors (Lipinski definition) is 4. The summed E-state index contributed by atoms with van der Waals surface area (Å²) in [6.45, 7) is 5.62. The molecule has 2 unspecified atom stereocenters. The highest BCUT2D eigenvalue weighted by Crippen LogP contribution is 2.27. The molecule has 108 valence electrons. The lowest BCUT2D eigenvalue weighted by molar-refractivity contribution is 0.218. The number of nitrogens with zero attached hydrogens (tertiary/aromatic N) is 3. The van der Waals surface area contributed by atoms with E-state index in [0.717, 1.165) is 12.8 Å². The Hall–Kier alpha value is -0.920. The van der Waals surface area contributed by atoms with Crippen LogP contribution in [-0.2, 0) is 16.6 Å². The highest BCUT2D eigenvalue weighted by atomic mass is 32.2. The van der Waals surface area contributed by atoms with Crippen LogP contribution >= 0.6 is 0 Å². The Morgan fingerprint density at radius 3 is 2.84 bits per heavy atom. The van der Waals surface area contributed by atoms with Crippen molar-refractivity contribution in [2.75, 3.05) is 13.1 Å². The normalized spacial score (nSPS) is 25.6. The molecule has 1 aliphatic heterocycles. The van der Waals surface area contributed by atoms with E-state index in [2.05, 4.69) is 12.0 Å². The van der Waals surface area contributed by atoms with Crippen molar-refractivity contribution in [2.45, 2.75) is 44.2 Å². The molecule has 0 radical (unpaired) electrons. The van der Waals surface area contributed by atoms with Gasteiger partial charge in [-0.15, -0.1) is 0 Å². The van der Waals surface area contributed by atoms with E-state index in [0.29, 0.717) is 25.6 Å². The van der Waals surface area contributed by atoms with Crippen LogP contribution in [0, 0.1) is 5.92 Å². The molecule has 0 aliphatic carbocycles. The maximum Gasteiger partial charge on any atom is 0.246 e. The third kappa shape index (κ3) is 2.98. The van der Waals surface area contributed by atoms with Gasteiger partial charge in [-0.05, 0) is 25.7 Å². The number of sulfonamides is 1. The highest BCUT2D eigenvalue weighted by molar-refractivity contribution is 7.89. The minimum absolute atomic E-state index is 0.0547. The second-order valence-corrected chi connectivity index (χ2v) is 7.22. The van der Waals surface area contributed by atoms with E-state index in [-0.39, 0.29) is 10.9 Å².